The van der Waals surface area contributed by atoms with Crippen molar-refractivity contribution < 1.29 is 9.59 Å². The lowest BCUT2D eigenvalue weighted by Crippen LogP contribution is -2.44. The summed E-state index contributed by atoms with van der Waals surface area (Å²) in [7, 11) is 0. The van der Waals surface area contributed by atoms with E-state index >= 15 is 0 Å². The van der Waals surface area contributed by atoms with Gasteiger partial charge in [-0.25, -0.2) is 0 Å². The average Bonchev–Trinajstić information content (AvgIpc) is 2.87. The van der Waals surface area contributed by atoms with Gasteiger partial charge in [0.2, 0.25) is 11.8 Å². The normalized spacial score (nSPS) is 26.1. The van der Waals surface area contributed by atoms with Gasteiger partial charge in [-0.1, -0.05) is 0 Å². The lowest BCUT2D eigenvalue weighted by Gasteiger charge is -2.23. The fourth-order valence-electron chi connectivity index (χ4n) is 2.12. The summed E-state index contributed by atoms with van der Waals surface area (Å²) >= 11 is 0. The third-order valence-electron chi connectivity index (χ3n) is 3.02. The zero-order valence-electron chi connectivity index (χ0n) is 10.2. The van der Waals surface area contributed by atoms with E-state index in [-0.39, 0.29) is 23.3 Å². The van der Waals surface area contributed by atoms with Crippen molar-refractivity contribution >= 4 is 11.8 Å². The second kappa shape index (κ2) is 3.75. The Bertz CT molecular complexity index is 315. The summed E-state index contributed by atoms with van der Waals surface area (Å²) in [5, 5.41) is 2.94. The molecule has 0 aromatic carbocycles. The Morgan fingerprint density at radius 2 is 2.00 bits per heavy atom. The molecule has 1 aliphatic carbocycles. The number of amides is 2. The van der Waals surface area contributed by atoms with Gasteiger partial charge in [-0.2, -0.15) is 0 Å². The zero-order chi connectivity index (χ0) is 11.9. The molecule has 1 atom stereocenters. The van der Waals surface area contributed by atoms with E-state index in [4.69, 9.17) is 0 Å². The molecule has 1 saturated heterocycles. The van der Waals surface area contributed by atoms with Crippen LogP contribution < -0.4 is 5.32 Å². The monoisotopic (exact) mass is 224 g/mol. The molecule has 0 radical (unpaired) electrons. The molecule has 0 aromatic rings. The van der Waals surface area contributed by atoms with Gasteiger partial charge in [0.15, 0.2) is 0 Å². The summed E-state index contributed by atoms with van der Waals surface area (Å²) in [6.07, 6.45) is 2.61. The van der Waals surface area contributed by atoms with E-state index in [1.54, 1.807) is 0 Å². The van der Waals surface area contributed by atoms with Crippen LogP contribution in [0.15, 0.2) is 0 Å². The Labute approximate surface area is 96.4 Å². The van der Waals surface area contributed by atoms with Crippen LogP contribution in [0.4, 0.5) is 0 Å². The van der Waals surface area contributed by atoms with Crippen molar-refractivity contribution in [2.24, 2.45) is 5.92 Å². The second-order valence-electron chi connectivity index (χ2n) is 5.92. The fourth-order valence-corrected chi connectivity index (χ4v) is 2.12. The molecule has 2 rings (SSSR count). The van der Waals surface area contributed by atoms with Crippen LogP contribution in [0.2, 0.25) is 0 Å². The number of likely N-dealkylation sites (tertiary alicyclic amines) is 1. The summed E-state index contributed by atoms with van der Waals surface area (Å²) in [5.41, 5.74) is -0.215. The third kappa shape index (κ3) is 2.54. The third-order valence-corrected chi connectivity index (χ3v) is 3.02. The maximum absolute atomic E-state index is 11.9. The first kappa shape index (κ1) is 11.4. The van der Waals surface area contributed by atoms with Gasteiger partial charge in [0, 0.05) is 24.5 Å². The lowest BCUT2D eigenvalue weighted by atomic mass is 10.0. The highest BCUT2D eigenvalue weighted by Gasteiger charge is 2.42. The van der Waals surface area contributed by atoms with Crippen LogP contribution in [0, 0.1) is 5.92 Å². The predicted octanol–water partition coefficient (Wildman–Crippen LogP) is 0.912. The van der Waals surface area contributed by atoms with E-state index in [1.165, 1.54) is 0 Å². The van der Waals surface area contributed by atoms with Gasteiger partial charge in [-0.05, 0) is 33.6 Å². The van der Waals surface area contributed by atoms with Crippen LogP contribution in [0.1, 0.15) is 40.0 Å². The summed E-state index contributed by atoms with van der Waals surface area (Å²) < 4.78 is 0. The van der Waals surface area contributed by atoms with E-state index in [0.29, 0.717) is 19.0 Å². The number of carbonyl (C=O) groups is 2. The summed E-state index contributed by atoms with van der Waals surface area (Å²) in [4.78, 5) is 25.5. The summed E-state index contributed by atoms with van der Waals surface area (Å²) in [5.74, 6) is 0.0212. The molecular weight excluding hydrogens is 204 g/mol. The number of nitrogens with one attached hydrogen (secondary N) is 1. The van der Waals surface area contributed by atoms with Crippen LogP contribution in [0.3, 0.4) is 0 Å². The van der Waals surface area contributed by atoms with E-state index in [0.717, 1.165) is 12.8 Å². The maximum atomic E-state index is 11.9. The van der Waals surface area contributed by atoms with E-state index < -0.39 is 0 Å². The topological polar surface area (TPSA) is 49.4 Å². The van der Waals surface area contributed by atoms with Crippen molar-refractivity contribution in [1.29, 1.82) is 0 Å². The van der Waals surface area contributed by atoms with Crippen molar-refractivity contribution in [3.05, 3.63) is 0 Å². The smallest absolute Gasteiger partial charge is 0.225 e. The molecule has 0 spiro atoms. The first-order valence-corrected chi connectivity index (χ1v) is 5.98. The van der Waals surface area contributed by atoms with E-state index in [1.807, 2.05) is 25.7 Å². The zero-order valence-corrected chi connectivity index (χ0v) is 10.2. The van der Waals surface area contributed by atoms with Crippen molar-refractivity contribution in [1.82, 2.24) is 10.2 Å². The minimum atomic E-state index is -0.215. The molecule has 1 saturated carbocycles. The van der Waals surface area contributed by atoms with Crippen molar-refractivity contribution in [3.8, 4) is 0 Å². The molecule has 2 aliphatic rings. The minimum Gasteiger partial charge on any atom is -0.351 e. The molecule has 90 valence electrons. The van der Waals surface area contributed by atoms with Gasteiger partial charge >= 0.3 is 0 Å². The molecule has 1 N–H and O–H groups in total. The van der Waals surface area contributed by atoms with Crippen LogP contribution in [0.5, 0.6) is 0 Å². The molecule has 2 amide bonds. The Morgan fingerprint density at radius 1 is 1.38 bits per heavy atom. The van der Waals surface area contributed by atoms with Gasteiger partial charge in [-0.3, -0.25) is 9.59 Å². The number of rotatable bonds is 2. The molecule has 0 aromatic heterocycles. The highest BCUT2D eigenvalue weighted by molar-refractivity contribution is 5.89. The SMILES string of the molecule is CC(C)(C)NC(=O)C1CC(=O)N(C2CC2)C1. The van der Waals surface area contributed by atoms with Crippen molar-refractivity contribution in [2.75, 3.05) is 6.54 Å². The molecule has 16 heavy (non-hydrogen) atoms. The molecule has 1 heterocycles. The largest absolute Gasteiger partial charge is 0.351 e. The molecule has 1 aliphatic heterocycles. The van der Waals surface area contributed by atoms with E-state index in [2.05, 4.69) is 5.32 Å². The number of carbonyl (C=O) groups excluding carboxylic acids is 2. The molecule has 0 bridgehead atoms. The standard InChI is InChI=1S/C12H20N2O2/c1-12(2,3)13-11(16)8-6-10(15)14(7-8)9-4-5-9/h8-9H,4-7H2,1-3H3,(H,13,16). The Morgan fingerprint density at radius 3 is 2.50 bits per heavy atom. The molecule has 4 nitrogen and oxygen atoms in total. The van der Waals surface area contributed by atoms with Gasteiger partial charge < -0.3 is 10.2 Å². The Balaban J connectivity index is 1.92. The first-order valence-electron chi connectivity index (χ1n) is 5.98. The fraction of sp³-hybridized carbons (Fsp3) is 0.833. The average molecular weight is 224 g/mol. The number of hydrogen-bond acceptors (Lipinski definition) is 2. The van der Waals surface area contributed by atoms with Crippen LogP contribution in [0.25, 0.3) is 0 Å². The quantitative estimate of drug-likeness (QED) is 0.758. The number of hydrogen-bond donors (Lipinski definition) is 1. The van der Waals surface area contributed by atoms with Crippen LogP contribution in [-0.4, -0.2) is 34.8 Å². The molecule has 1 unspecified atom stereocenters. The van der Waals surface area contributed by atoms with Crippen molar-refractivity contribution in [2.45, 2.75) is 51.6 Å². The molecular formula is C12H20N2O2. The van der Waals surface area contributed by atoms with Gasteiger partial charge in [0.05, 0.1) is 5.92 Å². The minimum absolute atomic E-state index is 0.0176. The summed E-state index contributed by atoms with van der Waals surface area (Å²) in [6.45, 7) is 6.49. The Kier molecular flexibility index (Phi) is 2.68. The first-order chi connectivity index (χ1) is 7.37. The number of nitrogens with zero attached hydrogens (tertiary/aromatic N) is 1. The molecule has 2 fully saturated rings. The van der Waals surface area contributed by atoms with Gasteiger partial charge in [0.25, 0.3) is 0 Å². The van der Waals surface area contributed by atoms with Crippen molar-refractivity contribution in [3.63, 3.8) is 0 Å². The highest BCUT2D eigenvalue weighted by atomic mass is 16.2. The predicted molar refractivity (Wildman–Crippen MR) is 60.7 cm³/mol. The van der Waals surface area contributed by atoms with Gasteiger partial charge in [0.1, 0.15) is 0 Å². The second-order valence-corrected chi connectivity index (χ2v) is 5.92. The maximum Gasteiger partial charge on any atom is 0.225 e. The summed E-state index contributed by atoms with van der Waals surface area (Å²) in [6, 6.07) is 0.430. The van der Waals surface area contributed by atoms with Crippen LogP contribution in [-0.2, 0) is 9.59 Å². The lowest BCUT2D eigenvalue weighted by molar-refractivity contribution is -0.129. The Hall–Kier alpha value is -1.06. The molecule has 4 heteroatoms. The highest BCUT2D eigenvalue weighted by Crippen LogP contribution is 2.32. The van der Waals surface area contributed by atoms with Gasteiger partial charge in [-0.15, -0.1) is 0 Å². The van der Waals surface area contributed by atoms with E-state index in [9.17, 15) is 9.59 Å². The van der Waals surface area contributed by atoms with Crippen LogP contribution >= 0.6 is 0 Å².